The Morgan fingerprint density at radius 3 is 2.50 bits per heavy atom. The van der Waals surface area contributed by atoms with Crippen LogP contribution in [0.5, 0.6) is 0 Å². The molecule has 0 saturated carbocycles. The Kier molecular flexibility index (Phi) is 3.98. The monoisotopic (exact) mass is 274 g/mol. The summed E-state index contributed by atoms with van der Waals surface area (Å²) in [5, 5.41) is 0. The van der Waals surface area contributed by atoms with Crippen LogP contribution in [0.3, 0.4) is 0 Å². The maximum absolute atomic E-state index is 12.8. The van der Waals surface area contributed by atoms with Gasteiger partial charge in [0.2, 0.25) is 0 Å². The van der Waals surface area contributed by atoms with Gasteiger partial charge in [0.25, 0.3) is 11.5 Å². The lowest BCUT2D eigenvalue weighted by atomic mass is 10.2. The molecule has 0 aliphatic rings. The van der Waals surface area contributed by atoms with Crippen LogP contribution < -0.4 is 5.56 Å². The van der Waals surface area contributed by atoms with Crippen molar-refractivity contribution in [3.8, 4) is 0 Å². The maximum Gasteiger partial charge on any atom is 0.254 e. The SMILES string of the molecule is CN(Cc1ccc(F)cc1)C(=O)c1ccn(C)c(=O)c1. The molecule has 104 valence electrons. The van der Waals surface area contributed by atoms with Crippen molar-refractivity contribution >= 4 is 5.91 Å². The number of amides is 1. The first-order valence-electron chi connectivity index (χ1n) is 6.14. The molecular formula is C15H15FN2O2. The van der Waals surface area contributed by atoms with E-state index in [1.54, 1.807) is 38.5 Å². The van der Waals surface area contributed by atoms with E-state index in [2.05, 4.69) is 0 Å². The average Bonchev–Trinajstić information content (AvgIpc) is 2.43. The van der Waals surface area contributed by atoms with E-state index in [1.165, 1.54) is 27.7 Å². The fourth-order valence-electron chi connectivity index (χ4n) is 1.84. The summed E-state index contributed by atoms with van der Waals surface area (Å²) in [6, 6.07) is 8.87. The van der Waals surface area contributed by atoms with Crippen LogP contribution in [0, 0.1) is 5.82 Å². The zero-order chi connectivity index (χ0) is 14.7. The molecule has 1 aromatic heterocycles. The van der Waals surface area contributed by atoms with Gasteiger partial charge in [-0.2, -0.15) is 0 Å². The van der Waals surface area contributed by atoms with Crippen LogP contribution in [0.2, 0.25) is 0 Å². The molecule has 0 atom stereocenters. The van der Waals surface area contributed by atoms with Crippen LogP contribution in [0.15, 0.2) is 47.4 Å². The quantitative estimate of drug-likeness (QED) is 0.856. The van der Waals surface area contributed by atoms with E-state index in [9.17, 15) is 14.0 Å². The smallest absolute Gasteiger partial charge is 0.254 e. The van der Waals surface area contributed by atoms with Crippen LogP contribution in [0.4, 0.5) is 4.39 Å². The summed E-state index contributed by atoms with van der Waals surface area (Å²) < 4.78 is 14.2. The Balaban J connectivity index is 2.14. The lowest BCUT2D eigenvalue weighted by Gasteiger charge is -2.17. The van der Waals surface area contributed by atoms with Crippen molar-refractivity contribution in [1.82, 2.24) is 9.47 Å². The van der Waals surface area contributed by atoms with E-state index in [0.29, 0.717) is 12.1 Å². The Morgan fingerprint density at radius 1 is 1.25 bits per heavy atom. The minimum Gasteiger partial charge on any atom is -0.337 e. The molecule has 0 radical (unpaired) electrons. The molecule has 0 saturated heterocycles. The van der Waals surface area contributed by atoms with Crippen molar-refractivity contribution in [1.29, 1.82) is 0 Å². The minimum atomic E-state index is -0.311. The minimum absolute atomic E-state index is 0.231. The molecule has 5 heteroatoms. The third-order valence-corrected chi connectivity index (χ3v) is 3.03. The van der Waals surface area contributed by atoms with Gasteiger partial charge in [0.1, 0.15) is 5.82 Å². The summed E-state index contributed by atoms with van der Waals surface area (Å²) in [5.41, 5.74) is 0.940. The predicted octanol–water partition coefficient (Wildman–Crippen LogP) is 1.80. The average molecular weight is 274 g/mol. The van der Waals surface area contributed by atoms with Gasteiger partial charge in [-0.25, -0.2) is 4.39 Å². The first kappa shape index (κ1) is 14.0. The Hall–Kier alpha value is -2.43. The molecule has 0 unspecified atom stereocenters. The number of aryl methyl sites for hydroxylation is 1. The van der Waals surface area contributed by atoms with Gasteiger partial charge in [-0.3, -0.25) is 9.59 Å². The molecule has 2 rings (SSSR count). The molecule has 4 nitrogen and oxygen atoms in total. The van der Waals surface area contributed by atoms with Crippen molar-refractivity contribution < 1.29 is 9.18 Å². The lowest BCUT2D eigenvalue weighted by molar-refractivity contribution is 0.0784. The molecule has 2 aromatic rings. The predicted molar refractivity (Wildman–Crippen MR) is 73.9 cm³/mol. The molecule has 0 spiro atoms. The van der Waals surface area contributed by atoms with E-state index < -0.39 is 0 Å². The Labute approximate surface area is 116 Å². The zero-order valence-corrected chi connectivity index (χ0v) is 11.3. The zero-order valence-electron chi connectivity index (χ0n) is 11.3. The van der Waals surface area contributed by atoms with Gasteiger partial charge in [0, 0.05) is 38.5 Å². The summed E-state index contributed by atoms with van der Waals surface area (Å²) in [5.74, 6) is -0.554. The third-order valence-electron chi connectivity index (χ3n) is 3.03. The summed E-state index contributed by atoms with van der Waals surface area (Å²) in [6.45, 7) is 0.355. The van der Waals surface area contributed by atoms with E-state index in [0.717, 1.165) is 5.56 Å². The fraction of sp³-hybridized carbons (Fsp3) is 0.200. The number of carbonyl (C=O) groups excluding carboxylic acids is 1. The summed E-state index contributed by atoms with van der Waals surface area (Å²) in [4.78, 5) is 25.2. The summed E-state index contributed by atoms with van der Waals surface area (Å²) >= 11 is 0. The third kappa shape index (κ3) is 3.12. The fourth-order valence-corrected chi connectivity index (χ4v) is 1.84. The normalized spacial score (nSPS) is 10.3. The highest BCUT2D eigenvalue weighted by molar-refractivity contribution is 5.93. The number of carbonyl (C=O) groups is 1. The van der Waals surface area contributed by atoms with Crippen molar-refractivity contribution in [2.45, 2.75) is 6.54 Å². The molecule has 0 fully saturated rings. The van der Waals surface area contributed by atoms with Gasteiger partial charge in [0.05, 0.1) is 0 Å². The molecule has 0 aliphatic carbocycles. The molecule has 1 amide bonds. The van der Waals surface area contributed by atoms with Crippen molar-refractivity contribution in [3.05, 3.63) is 69.9 Å². The molecule has 0 aliphatic heterocycles. The highest BCUT2D eigenvalue weighted by atomic mass is 19.1. The molecule has 20 heavy (non-hydrogen) atoms. The van der Waals surface area contributed by atoms with Crippen LogP contribution in [0.25, 0.3) is 0 Å². The number of halogens is 1. The van der Waals surface area contributed by atoms with Crippen LogP contribution in [-0.4, -0.2) is 22.4 Å². The Bertz CT molecular complexity index is 677. The second kappa shape index (κ2) is 5.69. The van der Waals surface area contributed by atoms with E-state index in [-0.39, 0.29) is 17.3 Å². The van der Waals surface area contributed by atoms with Crippen LogP contribution in [0.1, 0.15) is 15.9 Å². The number of aromatic nitrogens is 1. The van der Waals surface area contributed by atoms with E-state index in [1.807, 2.05) is 0 Å². The van der Waals surface area contributed by atoms with Gasteiger partial charge < -0.3 is 9.47 Å². The summed E-state index contributed by atoms with van der Waals surface area (Å²) in [7, 11) is 3.27. The molecule has 0 N–H and O–H groups in total. The number of nitrogens with zero attached hydrogens (tertiary/aromatic N) is 2. The van der Waals surface area contributed by atoms with E-state index >= 15 is 0 Å². The Morgan fingerprint density at radius 2 is 1.90 bits per heavy atom. The van der Waals surface area contributed by atoms with Crippen molar-refractivity contribution in [3.63, 3.8) is 0 Å². The number of hydrogen-bond donors (Lipinski definition) is 0. The molecule has 1 aromatic carbocycles. The first-order valence-corrected chi connectivity index (χ1v) is 6.14. The highest BCUT2D eigenvalue weighted by Crippen LogP contribution is 2.08. The maximum atomic E-state index is 12.8. The van der Waals surface area contributed by atoms with Gasteiger partial charge in [-0.05, 0) is 23.8 Å². The number of rotatable bonds is 3. The van der Waals surface area contributed by atoms with Gasteiger partial charge in [0.15, 0.2) is 0 Å². The first-order chi connectivity index (χ1) is 9.47. The van der Waals surface area contributed by atoms with Crippen LogP contribution in [-0.2, 0) is 13.6 Å². The second-order valence-corrected chi connectivity index (χ2v) is 4.65. The van der Waals surface area contributed by atoms with E-state index in [4.69, 9.17) is 0 Å². The van der Waals surface area contributed by atoms with Crippen molar-refractivity contribution in [2.75, 3.05) is 7.05 Å². The molecule has 0 bridgehead atoms. The topological polar surface area (TPSA) is 42.3 Å². The van der Waals surface area contributed by atoms with Gasteiger partial charge in [-0.15, -0.1) is 0 Å². The van der Waals surface area contributed by atoms with Crippen LogP contribution >= 0.6 is 0 Å². The summed E-state index contributed by atoms with van der Waals surface area (Å²) in [6.07, 6.45) is 1.56. The lowest BCUT2D eigenvalue weighted by Crippen LogP contribution is -2.28. The van der Waals surface area contributed by atoms with Crippen molar-refractivity contribution in [2.24, 2.45) is 7.05 Å². The van der Waals surface area contributed by atoms with Gasteiger partial charge in [-0.1, -0.05) is 12.1 Å². The number of pyridine rings is 1. The number of hydrogen-bond acceptors (Lipinski definition) is 2. The standard InChI is InChI=1S/C15H15FN2O2/c1-17-8-7-12(9-14(17)19)15(20)18(2)10-11-3-5-13(16)6-4-11/h3-9H,10H2,1-2H3. The highest BCUT2D eigenvalue weighted by Gasteiger charge is 2.12. The van der Waals surface area contributed by atoms with Gasteiger partial charge >= 0.3 is 0 Å². The number of benzene rings is 1. The largest absolute Gasteiger partial charge is 0.337 e. The second-order valence-electron chi connectivity index (χ2n) is 4.65. The molecule has 1 heterocycles. The molecular weight excluding hydrogens is 259 g/mol.